The summed E-state index contributed by atoms with van der Waals surface area (Å²) in [6.07, 6.45) is 9.20. The van der Waals surface area contributed by atoms with Crippen LogP contribution < -0.4 is 0 Å². The van der Waals surface area contributed by atoms with E-state index in [0.717, 1.165) is 30.7 Å². The van der Waals surface area contributed by atoms with Gasteiger partial charge in [0.05, 0.1) is 0 Å². The fraction of sp³-hybridized carbons (Fsp3) is 0.600. The van der Waals surface area contributed by atoms with Crippen molar-refractivity contribution in [2.75, 3.05) is 5.88 Å². The van der Waals surface area contributed by atoms with E-state index in [1.165, 1.54) is 38.2 Å². The minimum Gasteiger partial charge on any atom is -0.504 e. The van der Waals surface area contributed by atoms with E-state index in [1.807, 2.05) is 6.07 Å². The van der Waals surface area contributed by atoms with Crippen LogP contribution in [0.3, 0.4) is 0 Å². The van der Waals surface area contributed by atoms with E-state index in [2.05, 4.69) is 0 Å². The lowest BCUT2D eigenvalue weighted by Crippen LogP contribution is -1.88. The molecule has 0 radical (unpaired) electrons. The largest absolute Gasteiger partial charge is 0.504 e. The molecule has 0 saturated carbocycles. The molecule has 0 bridgehead atoms. The van der Waals surface area contributed by atoms with E-state index in [-0.39, 0.29) is 11.5 Å². The van der Waals surface area contributed by atoms with Crippen molar-refractivity contribution >= 4 is 11.6 Å². The lowest BCUT2D eigenvalue weighted by atomic mass is 10.0. The van der Waals surface area contributed by atoms with E-state index in [4.69, 9.17) is 11.6 Å². The van der Waals surface area contributed by atoms with Crippen LogP contribution in [0, 0.1) is 0 Å². The van der Waals surface area contributed by atoms with Crippen molar-refractivity contribution in [3.05, 3.63) is 23.8 Å². The highest BCUT2D eigenvalue weighted by molar-refractivity contribution is 6.17. The Morgan fingerprint density at radius 1 is 0.833 bits per heavy atom. The van der Waals surface area contributed by atoms with Gasteiger partial charge in [-0.3, -0.25) is 0 Å². The Morgan fingerprint density at radius 2 is 1.44 bits per heavy atom. The highest BCUT2D eigenvalue weighted by atomic mass is 35.5. The number of alkyl halides is 1. The molecule has 1 rings (SSSR count). The number of benzene rings is 1. The van der Waals surface area contributed by atoms with Gasteiger partial charge in [-0.15, -0.1) is 11.6 Å². The topological polar surface area (TPSA) is 40.5 Å². The number of para-hydroxylation sites is 1. The van der Waals surface area contributed by atoms with Crippen molar-refractivity contribution in [3.8, 4) is 11.5 Å². The zero-order valence-corrected chi connectivity index (χ0v) is 11.6. The highest BCUT2D eigenvalue weighted by Crippen LogP contribution is 2.29. The van der Waals surface area contributed by atoms with Gasteiger partial charge in [-0.1, -0.05) is 44.2 Å². The van der Waals surface area contributed by atoms with Gasteiger partial charge < -0.3 is 10.2 Å². The van der Waals surface area contributed by atoms with Gasteiger partial charge in [0.15, 0.2) is 11.5 Å². The molecule has 0 amide bonds. The fourth-order valence-electron chi connectivity index (χ4n) is 2.07. The van der Waals surface area contributed by atoms with E-state index >= 15 is 0 Å². The maximum Gasteiger partial charge on any atom is 0.160 e. The first-order valence-electron chi connectivity index (χ1n) is 6.81. The Kier molecular flexibility index (Phi) is 7.66. The molecule has 0 heterocycles. The van der Waals surface area contributed by atoms with Gasteiger partial charge in [0, 0.05) is 5.88 Å². The van der Waals surface area contributed by atoms with Crippen molar-refractivity contribution in [1.82, 2.24) is 0 Å². The first kappa shape index (κ1) is 15.2. The molecular weight excluding hydrogens is 248 g/mol. The summed E-state index contributed by atoms with van der Waals surface area (Å²) in [5.74, 6) is 0.796. The molecule has 2 nitrogen and oxygen atoms in total. The Balaban J connectivity index is 2.09. The summed E-state index contributed by atoms with van der Waals surface area (Å²) in [4.78, 5) is 0. The first-order chi connectivity index (χ1) is 8.75. The Morgan fingerprint density at radius 3 is 2.11 bits per heavy atom. The lowest BCUT2D eigenvalue weighted by molar-refractivity contribution is 0.398. The van der Waals surface area contributed by atoms with E-state index < -0.39 is 0 Å². The van der Waals surface area contributed by atoms with Gasteiger partial charge in [-0.25, -0.2) is 0 Å². The molecule has 1 aromatic rings. The molecule has 1 aromatic carbocycles. The number of rotatable bonds is 9. The number of halogens is 1. The van der Waals surface area contributed by atoms with E-state index in [1.54, 1.807) is 6.07 Å². The van der Waals surface area contributed by atoms with Gasteiger partial charge in [0.2, 0.25) is 0 Å². The van der Waals surface area contributed by atoms with Gasteiger partial charge in [0.25, 0.3) is 0 Å². The molecular formula is C15H23ClO2. The minimum atomic E-state index is -0.0198. The third kappa shape index (κ3) is 5.63. The zero-order chi connectivity index (χ0) is 13.2. The molecule has 0 unspecified atom stereocenters. The number of hydrogen-bond donors (Lipinski definition) is 2. The van der Waals surface area contributed by atoms with Gasteiger partial charge >= 0.3 is 0 Å². The van der Waals surface area contributed by atoms with E-state index in [9.17, 15) is 10.2 Å². The van der Waals surface area contributed by atoms with Crippen LogP contribution in [0.5, 0.6) is 11.5 Å². The third-order valence-corrected chi connectivity index (χ3v) is 3.45. The smallest absolute Gasteiger partial charge is 0.160 e. The number of aryl methyl sites for hydroxylation is 1. The Labute approximate surface area is 115 Å². The van der Waals surface area contributed by atoms with Crippen molar-refractivity contribution in [3.63, 3.8) is 0 Å². The summed E-state index contributed by atoms with van der Waals surface area (Å²) in [6.45, 7) is 0. The summed E-state index contributed by atoms with van der Waals surface area (Å²) >= 11 is 5.62. The van der Waals surface area contributed by atoms with Gasteiger partial charge in [0.1, 0.15) is 0 Å². The maximum atomic E-state index is 9.63. The molecule has 0 saturated heterocycles. The molecule has 0 aliphatic carbocycles. The SMILES string of the molecule is Oc1cccc(CCCCCCCCCCl)c1O. The van der Waals surface area contributed by atoms with Crippen molar-refractivity contribution in [2.45, 2.75) is 51.4 Å². The molecule has 0 fully saturated rings. The third-order valence-electron chi connectivity index (χ3n) is 3.18. The molecule has 0 spiro atoms. The quantitative estimate of drug-likeness (QED) is 0.391. The van der Waals surface area contributed by atoms with Crippen LogP contribution in [0.25, 0.3) is 0 Å². The number of unbranched alkanes of at least 4 members (excludes halogenated alkanes) is 6. The summed E-state index contributed by atoms with van der Waals surface area (Å²) in [5.41, 5.74) is 0.845. The molecule has 0 aliphatic rings. The monoisotopic (exact) mass is 270 g/mol. The van der Waals surface area contributed by atoms with Crippen LogP contribution in [0.1, 0.15) is 50.5 Å². The normalized spacial score (nSPS) is 10.7. The van der Waals surface area contributed by atoms with E-state index in [0.29, 0.717) is 0 Å². The average Bonchev–Trinajstić information content (AvgIpc) is 2.37. The summed E-state index contributed by atoms with van der Waals surface area (Å²) in [7, 11) is 0. The predicted molar refractivity (Wildman–Crippen MR) is 76.5 cm³/mol. The Hall–Kier alpha value is -0.890. The van der Waals surface area contributed by atoms with Crippen LogP contribution in [0.15, 0.2) is 18.2 Å². The zero-order valence-electron chi connectivity index (χ0n) is 10.9. The lowest BCUT2D eigenvalue weighted by Gasteiger charge is -2.06. The predicted octanol–water partition coefficient (Wildman–Crippen LogP) is 4.61. The fourth-order valence-corrected chi connectivity index (χ4v) is 2.26. The minimum absolute atomic E-state index is 0.0198. The molecule has 0 aliphatic heterocycles. The van der Waals surface area contributed by atoms with Crippen LogP contribution in [0.2, 0.25) is 0 Å². The highest BCUT2D eigenvalue weighted by Gasteiger charge is 2.04. The number of hydrogen-bond acceptors (Lipinski definition) is 2. The van der Waals surface area contributed by atoms with Crippen LogP contribution in [-0.4, -0.2) is 16.1 Å². The summed E-state index contributed by atoms with van der Waals surface area (Å²) in [6, 6.07) is 5.15. The summed E-state index contributed by atoms with van der Waals surface area (Å²) in [5, 5.41) is 19.0. The second kappa shape index (κ2) is 9.09. The number of aromatic hydroxyl groups is 2. The average molecular weight is 271 g/mol. The number of phenols is 2. The molecule has 102 valence electrons. The standard InChI is InChI=1S/C15H23ClO2/c16-12-7-5-3-1-2-4-6-9-13-10-8-11-14(17)15(13)18/h8,10-11,17-18H,1-7,9,12H2. The molecule has 18 heavy (non-hydrogen) atoms. The molecule has 2 N–H and O–H groups in total. The molecule has 0 aromatic heterocycles. The summed E-state index contributed by atoms with van der Waals surface area (Å²) < 4.78 is 0. The van der Waals surface area contributed by atoms with Crippen molar-refractivity contribution in [1.29, 1.82) is 0 Å². The maximum absolute atomic E-state index is 9.63. The first-order valence-corrected chi connectivity index (χ1v) is 7.35. The second-order valence-corrected chi connectivity index (χ2v) is 5.08. The number of phenolic OH excluding ortho intramolecular Hbond substituents is 2. The van der Waals surface area contributed by atoms with Gasteiger partial charge in [-0.2, -0.15) is 0 Å². The van der Waals surface area contributed by atoms with Crippen molar-refractivity contribution < 1.29 is 10.2 Å². The molecule has 3 heteroatoms. The van der Waals surface area contributed by atoms with Crippen LogP contribution in [0.4, 0.5) is 0 Å². The van der Waals surface area contributed by atoms with Crippen molar-refractivity contribution in [2.24, 2.45) is 0 Å². The van der Waals surface area contributed by atoms with Crippen LogP contribution in [-0.2, 0) is 6.42 Å². The molecule has 0 atom stereocenters. The Bertz CT molecular complexity index is 339. The van der Waals surface area contributed by atoms with Crippen LogP contribution >= 0.6 is 11.6 Å². The second-order valence-electron chi connectivity index (χ2n) is 4.70. The van der Waals surface area contributed by atoms with Gasteiger partial charge in [-0.05, 0) is 30.9 Å².